The maximum atomic E-state index is 12.1. The van der Waals surface area contributed by atoms with E-state index >= 15 is 0 Å². The summed E-state index contributed by atoms with van der Waals surface area (Å²) in [7, 11) is 1.73. The van der Waals surface area contributed by atoms with Gasteiger partial charge in [-0.3, -0.25) is 4.79 Å². The zero-order valence-electron chi connectivity index (χ0n) is 14.2. The Hall–Kier alpha value is -2.59. The molecular weight excluding hydrogens is 338 g/mol. The lowest BCUT2D eigenvalue weighted by molar-refractivity contribution is -0.119. The van der Waals surface area contributed by atoms with Gasteiger partial charge in [-0.05, 0) is 42.9 Å². The second kappa shape index (κ2) is 7.11. The monoisotopic (exact) mass is 357 g/mol. The minimum atomic E-state index is -0.553. The van der Waals surface area contributed by atoms with E-state index in [1.165, 1.54) is 16.2 Å². The van der Waals surface area contributed by atoms with E-state index in [0.29, 0.717) is 22.2 Å². The first-order valence-corrected chi connectivity index (χ1v) is 8.94. The molecule has 2 aromatic heterocycles. The summed E-state index contributed by atoms with van der Waals surface area (Å²) in [6.45, 7) is 1.81. The van der Waals surface area contributed by atoms with Gasteiger partial charge in [0.1, 0.15) is 16.8 Å². The number of nitriles is 1. The van der Waals surface area contributed by atoms with Gasteiger partial charge in [0.25, 0.3) is 5.91 Å². The van der Waals surface area contributed by atoms with Gasteiger partial charge in [-0.15, -0.1) is 11.3 Å². The Morgan fingerprint density at radius 3 is 3.00 bits per heavy atom. The molecule has 1 amide bonds. The fourth-order valence-corrected chi connectivity index (χ4v) is 4.38. The Morgan fingerprint density at radius 1 is 1.52 bits per heavy atom. The van der Waals surface area contributed by atoms with Crippen molar-refractivity contribution in [3.63, 3.8) is 0 Å². The van der Waals surface area contributed by atoms with Gasteiger partial charge < -0.3 is 14.6 Å². The topological polar surface area (TPSA) is 84.1 Å². The highest BCUT2D eigenvalue weighted by Gasteiger charge is 2.25. The molecule has 0 aliphatic heterocycles. The van der Waals surface area contributed by atoms with Crippen molar-refractivity contribution in [3.8, 4) is 6.07 Å². The van der Waals surface area contributed by atoms with Crippen LogP contribution >= 0.6 is 11.3 Å². The molecule has 1 aliphatic carbocycles. The van der Waals surface area contributed by atoms with E-state index in [1.807, 2.05) is 0 Å². The number of esters is 1. The maximum absolute atomic E-state index is 12.1. The molecule has 25 heavy (non-hydrogen) atoms. The fraction of sp³-hybridized carbons (Fsp3) is 0.389. The molecule has 130 valence electrons. The summed E-state index contributed by atoms with van der Waals surface area (Å²) in [5.41, 5.74) is 1.99. The molecule has 0 bridgehead atoms. The summed E-state index contributed by atoms with van der Waals surface area (Å²) in [6, 6.07) is 5.56. The molecule has 0 aromatic carbocycles. The van der Waals surface area contributed by atoms with Crippen molar-refractivity contribution in [3.05, 3.63) is 40.0 Å². The summed E-state index contributed by atoms with van der Waals surface area (Å²) in [5.74, 6) is -0.402. The second-order valence-electron chi connectivity index (χ2n) is 6.30. The molecule has 1 atom stereocenters. The lowest BCUT2D eigenvalue weighted by Gasteiger charge is -2.17. The Labute approximate surface area is 150 Å². The van der Waals surface area contributed by atoms with E-state index in [4.69, 9.17) is 4.74 Å². The molecule has 2 aromatic rings. The summed E-state index contributed by atoms with van der Waals surface area (Å²) in [6.07, 6.45) is 4.59. The van der Waals surface area contributed by atoms with E-state index in [9.17, 15) is 14.9 Å². The standard InChI is InChI=1S/C18H19N3O3S/c1-11-5-6-12-13(9-19)17(25-15(12)8-11)20-16(22)10-24-18(23)14-4-3-7-21(14)2/h3-4,7,11H,5-6,8,10H2,1-2H3,(H,20,22)/t11-/m0/s1. The first kappa shape index (κ1) is 17.2. The first-order valence-electron chi connectivity index (χ1n) is 8.12. The van der Waals surface area contributed by atoms with Crippen molar-refractivity contribution in [1.29, 1.82) is 5.26 Å². The summed E-state index contributed by atoms with van der Waals surface area (Å²) in [5, 5.41) is 12.7. The third kappa shape index (κ3) is 3.59. The van der Waals surface area contributed by atoms with Crippen molar-refractivity contribution in [1.82, 2.24) is 4.57 Å². The lowest BCUT2D eigenvalue weighted by Crippen LogP contribution is -2.21. The van der Waals surface area contributed by atoms with Crippen LogP contribution in [0.5, 0.6) is 0 Å². The Balaban J connectivity index is 1.65. The van der Waals surface area contributed by atoms with Crippen LogP contribution < -0.4 is 5.32 Å². The molecule has 0 fully saturated rings. The van der Waals surface area contributed by atoms with Crippen molar-refractivity contribution >= 4 is 28.2 Å². The van der Waals surface area contributed by atoms with Gasteiger partial charge in [-0.25, -0.2) is 4.79 Å². The van der Waals surface area contributed by atoms with Gasteiger partial charge in [-0.1, -0.05) is 6.92 Å². The molecular formula is C18H19N3O3S. The summed E-state index contributed by atoms with van der Waals surface area (Å²) < 4.78 is 6.67. The van der Waals surface area contributed by atoms with Crippen LogP contribution in [0.1, 0.15) is 39.8 Å². The van der Waals surface area contributed by atoms with Crippen LogP contribution in [-0.2, 0) is 29.4 Å². The average Bonchev–Trinajstić information content (AvgIpc) is 3.15. The van der Waals surface area contributed by atoms with Crippen LogP contribution in [0.15, 0.2) is 18.3 Å². The highest BCUT2D eigenvalue weighted by atomic mass is 32.1. The van der Waals surface area contributed by atoms with Gasteiger partial charge in [0.2, 0.25) is 0 Å². The molecule has 0 saturated carbocycles. The largest absolute Gasteiger partial charge is 0.451 e. The molecule has 0 saturated heterocycles. The van der Waals surface area contributed by atoms with E-state index in [1.54, 1.807) is 29.9 Å². The number of anilines is 1. The Bertz CT molecular complexity index is 860. The van der Waals surface area contributed by atoms with E-state index in [2.05, 4.69) is 18.3 Å². The first-order chi connectivity index (χ1) is 12.0. The number of aryl methyl sites for hydroxylation is 1. The number of carbonyl (C=O) groups excluding carboxylic acids is 2. The Morgan fingerprint density at radius 2 is 2.32 bits per heavy atom. The average molecular weight is 357 g/mol. The molecule has 0 unspecified atom stereocenters. The van der Waals surface area contributed by atoms with Crippen LogP contribution in [0.2, 0.25) is 0 Å². The smallest absolute Gasteiger partial charge is 0.355 e. The van der Waals surface area contributed by atoms with Crippen LogP contribution in [0.25, 0.3) is 0 Å². The SMILES string of the molecule is C[C@H]1CCc2c(sc(NC(=O)COC(=O)c3cccn3C)c2C#N)C1. The summed E-state index contributed by atoms with van der Waals surface area (Å²) >= 11 is 1.45. The van der Waals surface area contributed by atoms with Crippen molar-refractivity contribution < 1.29 is 14.3 Å². The number of hydrogen-bond acceptors (Lipinski definition) is 5. The minimum absolute atomic E-state index is 0.381. The molecule has 6 nitrogen and oxygen atoms in total. The molecule has 3 rings (SSSR count). The van der Waals surface area contributed by atoms with Gasteiger partial charge >= 0.3 is 5.97 Å². The molecule has 0 radical (unpaired) electrons. The van der Waals surface area contributed by atoms with Gasteiger partial charge in [0.15, 0.2) is 6.61 Å². The van der Waals surface area contributed by atoms with Gasteiger partial charge in [-0.2, -0.15) is 5.26 Å². The number of nitrogens with one attached hydrogen (secondary N) is 1. The molecule has 1 N–H and O–H groups in total. The second-order valence-corrected chi connectivity index (χ2v) is 7.40. The van der Waals surface area contributed by atoms with E-state index in [-0.39, 0.29) is 6.61 Å². The molecule has 0 spiro atoms. The number of rotatable bonds is 4. The van der Waals surface area contributed by atoms with E-state index in [0.717, 1.165) is 24.8 Å². The normalized spacial score (nSPS) is 16.0. The predicted octanol–water partition coefficient (Wildman–Crippen LogP) is 2.88. The third-order valence-electron chi connectivity index (χ3n) is 4.36. The number of ether oxygens (including phenoxy) is 1. The molecule has 7 heteroatoms. The quantitative estimate of drug-likeness (QED) is 0.853. The highest BCUT2D eigenvalue weighted by molar-refractivity contribution is 7.16. The predicted molar refractivity (Wildman–Crippen MR) is 94.5 cm³/mol. The van der Waals surface area contributed by atoms with Crippen LogP contribution in [0.4, 0.5) is 5.00 Å². The number of amides is 1. The van der Waals surface area contributed by atoms with E-state index < -0.39 is 11.9 Å². The van der Waals surface area contributed by atoms with Gasteiger partial charge in [0, 0.05) is 18.1 Å². The highest BCUT2D eigenvalue weighted by Crippen LogP contribution is 2.39. The lowest BCUT2D eigenvalue weighted by atomic mass is 9.89. The number of carbonyl (C=O) groups is 2. The van der Waals surface area contributed by atoms with Crippen LogP contribution in [0.3, 0.4) is 0 Å². The number of hydrogen-bond donors (Lipinski definition) is 1. The van der Waals surface area contributed by atoms with Crippen molar-refractivity contribution in [2.45, 2.75) is 26.2 Å². The molecule has 1 aliphatic rings. The number of nitrogens with zero attached hydrogens (tertiary/aromatic N) is 2. The van der Waals surface area contributed by atoms with Crippen molar-refractivity contribution in [2.75, 3.05) is 11.9 Å². The number of fused-ring (bicyclic) bond motifs is 1. The van der Waals surface area contributed by atoms with Crippen molar-refractivity contribution in [2.24, 2.45) is 13.0 Å². The minimum Gasteiger partial charge on any atom is -0.451 e. The zero-order chi connectivity index (χ0) is 18.0. The number of aromatic nitrogens is 1. The van der Waals surface area contributed by atoms with Gasteiger partial charge in [0.05, 0.1) is 5.56 Å². The zero-order valence-corrected chi connectivity index (χ0v) is 15.0. The van der Waals surface area contributed by atoms with Crippen LogP contribution in [-0.4, -0.2) is 23.1 Å². The maximum Gasteiger partial charge on any atom is 0.355 e. The molecule has 2 heterocycles. The Kier molecular flexibility index (Phi) is 4.91. The van der Waals surface area contributed by atoms with Crippen LogP contribution in [0, 0.1) is 17.2 Å². The number of thiophene rings is 1. The third-order valence-corrected chi connectivity index (χ3v) is 5.53. The summed E-state index contributed by atoms with van der Waals surface area (Å²) in [4.78, 5) is 25.2. The fourth-order valence-electron chi connectivity index (χ4n) is 3.00.